The van der Waals surface area contributed by atoms with Crippen LogP contribution in [0.25, 0.3) is 0 Å². The molecule has 0 bridgehead atoms. The highest BCUT2D eigenvalue weighted by molar-refractivity contribution is 6.11. The molecule has 1 saturated heterocycles. The minimum Gasteiger partial charge on any atom is -0.382 e. The molecule has 0 N–H and O–H groups in total. The van der Waals surface area contributed by atoms with E-state index in [0.29, 0.717) is 6.61 Å². The Kier molecular flexibility index (Phi) is 4.42. The molecule has 3 atom stereocenters. The molecule has 0 aromatic heterocycles. The van der Waals surface area contributed by atoms with E-state index in [1.54, 1.807) is 0 Å². The van der Waals surface area contributed by atoms with E-state index in [-0.39, 0.29) is 30.4 Å². The first kappa shape index (κ1) is 12.0. The van der Waals surface area contributed by atoms with Gasteiger partial charge in [0.15, 0.2) is 0 Å². The molecule has 1 unspecified atom stereocenters. The normalized spacial score (nSPS) is 33.1. The van der Waals surface area contributed by atoms with Crippen LogP contribution in [-0.2, 0) is 14.2 Å². The minimum atomic E-state index is 0.0809. The molecule has 0 aromatic rings. The third-order valence-corrected chi connectivity index (χ3v) is 2.23. The Bertz CT molecular complexity index is 173. The molecular formula is C10H21BO3. The van der Waals surface area contributed by atoms with E-state index in [0.717, 1.165) is 0 Å². The molecule has 1 aliphatic heterocycles. The standard InChI is InChI=1S/C10H21BO3/c1-6(2)13-8-5-12-10(11)9(8)14-7(3)4/h6-10H,5,11H2,1-4H3/t8-,9?,10-/m1/s1. The van der Waals surface area contributed by atoms with Gasteiger partial charge in [0.2, 0.25) is 0 Å². The maximum absolute atomic E-state index is 5.79. The van der Waals surface area contributed by atoms with Crippen molar-refractivity contribution in [3.05, 3.63) is 0 Å². The number of hydrogen-bond donors (Lipinski definition) is 0. The first-order valence-electron chi connectivity index (χ1n) is 5.43. The molecule has 14 heavy (non-hydrogen) atoms. The van der Waals surface area contributed by atoms with Crippen molar-refractivity contribution in [3.63, 3.8) is 0 Å². The van der Waals surface area contributed by atoms with Gasteiger partial charge in [-0.1, -0.05) is 0 Å². The van der Waals surface area contributed by atoms with Crippen LogP contribution in [-0.4, -0.2) is 44.9 Å². The molecule has 82 valence electrons. The summed E-state index contributed by atoms with van der Waals surface area (Å²) >= 11 is 0. The van der Waals surface area contributed by atoms with Crippen LogP contribution < -0.4 is 0 Å². The van der Waals surface area contributed by atoms with Gasteiger partial charge >= 0.3 is 0 Å². The van der Waals surface area contributed by atoms with Gasteiger partial charge in [-0.3, -0.25) is 0 Å². The zero-order valence-corrected chi connectivity index (χ0v) is 9.82. The van der Waals surface area contributed by atoms with Crippen LogP contribution in [0.2, 0.25) is 0 Å². The zero-order valence-electron chi connectivity index (χ0n) is 9.82. The average Bonchev–Trinajstić information content (AvgIpc) is 2.34. The lowest BCUT2D eigenvalue weighted by Gasteiger charge is -2.25. The Morgan fingerprint density at radius 2 is 1.71 bits per heavy atom. The molecule has 3 nitrogen and oxygen atoms in total. The summed E-state index contributed by atoms with van der Waals surface area (Å²) in [5, 5.41) is 0. The van der Waals surface area contributed by atoms with Crippen LogP contribution in [0.4, 0.5) is 0 Å². The second-order valence-electron chi connectivity index (χ2n) is 4.41. The van der Waals surface area contributed by atoms with E-state index in [1.165, 1.54) is 0 Å². The van der Waals surface area contributed by atoms with Gasteiger partial charge < -0.3 is 14.2 Å². The van der Waals surface area contributed by atoms with Crippen molar-refractivity contribution in [1.29, 1.82) is 0 Å². The van der Waals surface area contributed by atoms with E-state index >= 15 is 0 Å². The van der Waals surface area contributed by atoms with Crippen LogP contribution in [0.5, 0.6) is 0 Å². The van der Waals surface area contributed by atoms with Crippen molar-refractivity contribution < 1.29 is 14.2 Å². The predicted octanol–water partition coefficient (Wildman–Crippen LogP) is 0.563. The first-order valence-corrected chi connectivity index (χ1v) is 5.43. The molecular weight excluding hydrogens is 179 g/mol. The molecule has 1 heterocycles. The van der Waals surface area contributed by atoms with Gasteiger partial charge in [-0.15, -0.1) is 0 Å². The smallest absolute Gasteiger partial charge is 0.142 e. The Morgan fingerprint density at radius 1 is 1.14 bits per heavy atom. The van der Waals surface area contributed by atoms with E-state index in [2.05, 4.69) is 0 Å². The Morgan fingerprint density at radius 3 is 2.21 bits per heavy atom. The van der Waals surface area contributed by atoms with Gasteiger partial charge in [0.25, 0.3) is 0 Å². The Hall–Kier alpha value is -0.0551. The van der Waals surface area contributed by atoms with E-state index in [4.69, 9.17) is 14.2 Å². The summed E-state index contributed by atoms with van der Waals surface area (Å²) in [5.41, 5.74) is 0. The van der Waals surface area contributed by atoms with Crippen LogP contribution >= 0.6 is 0 Å². The highest BCUT2D eigenvalue weighted by Gasteiger charge is 2.36. The fourth-order valence-electron chi connectivity index (χ4n) is 1.72. The molecule has 4 heteroatoms. The molecule has 0 radical (unpaired) electrons. The average molecular weight is 200 g/mol. The maximum atomic E-state index is 5.79. The summed E-state index contributed by atoms with van der Waals surface area (Å²) < 4.78 is 17.1. The summed E-state index contributed by atoms with van der Waals surface area (Å²) in [6, 6.07) is 0.140. The number of ether oxygens (including phenoxy) is 3. The van der Waals surface area contributed by atoms with E-state index in [1.807, 2.05) is 35.5 Å². The van der Waals surface area contributed by atoms with Crippen molar-refractivity contribution >= 4 is 7.85 Å². The Labute approximate surface area is 87.5 Å². The minimum absolute atomic E-state index is 0.0809. The van der Waals surface area contributed by atoms with E-state index in [9.17, 15) is 0 Å². The third kappa shape index (κ3) is 3.26. The highest BCUT2D eigenvalue weighted by Crippen LogP contribution is 2.21. The van der Waals surface area contributed by atoms with Crippen molar-refractivity contribution in [2.24, 2.45) is 0 Å². The van der Waals surface area contributed by atoms with Crippen LogP contribution in [0.3, 0.4) is 0 Å². The molecule has 0 amide bonds. The molecule has 1 aliphatic rings. The van der Waals surface area contributed by atoms with Crippen molar-refractivity contribution in [1.82, 2.24) is 0 Å². The predicted molar refractivity (Wildman–Crippen MR) is 58.3 cm³/mol. The van der Waals surface area contributed by atoms with Gasteiger partial charge in [0.1, 0.15) is 20.1 Å². The molecule has 0 saturated carbocycles. The number of hydrogen-bond acceptors (Lipinski definition) is 3. The summed E-state index contributed by atoms with van der Waals surface area (Å²) in [6.07, 6.45) is 0.624. The van der Waals surface area contributed by atoms with Crippen LogP contribution in [0, 0.1) is 0 Å². The SMILES string of the molecule is B[C@@H]1OC[C@@H](OC(C)C)C1OC(C)C. The van der Waals surface area contributed by atoms with E-state index < -0.39 is 0 Å². The third-order valence-electron chi connectivity index (χ3n) is 2.23. The van der Waals surface area contributed by atoms with Crippen molar-refractivity contribution in [3.8, 4) is 0 Å². The zero-order chi connectivity index (χ0) is 10.7. The van der Waals surface area contributed by atoms with Gasteiger partial charge in [0, 0.05) is 0 Å². The summed E-state index contributed by atoms with van der Waals surface area (Å²) in [6.45, 7) is 8.80. The summed E-state index contributed by atoms with van der Waals surface area (Å²) in [5.74, 6) is 0. The van der Waals surface area contributed by atoms with Gasteiger partial charge in [0.05, 0.1) is 24.8 Å². The van der Waals surface area contributed by atoms with Crippen molar-refractivity contribution in [2.45, 2.75) is 58.1 Å². The lowest BCUT2D eigenvalue weighted by molar-refractivity contribution is -0.0892. The van der Waals surface area contributed by atoms with Crippen LogP contribution in [0.1, 0.15) is 27.7 Å². The summed E-state index contributed by atoms with van der Waals surface area (Å²) in [7, 11) is 2.04. The fraction of sp³-hybridized carbons (Fsp3) is 1.00. The second kappa shape index (κ2) is 5.15. The molecule has 1 fully saturated rings. The monoisotopic (exact) mass is 200 g/mol. The molecule has 0 aliphatic carbocycles. The molecule has 1 rings (SSSR count). The lowest BCUT2D eigenvalue weighted by atomic mass is 9.93. The Balaban J connectivity index is 2.48. The number of rotatable bonds is 4. The maximum Gasteiger partial charge on any atom is 0.142 e. The first-order chi connectivity index (χ1) is 6.50. The van der Waals surface area contributed by atoms with Crippen LogP contribution in [0.15, 0.2) is 0 Å². The van der Waals surface area contributed by atoms with Gasteiger partial charge in [-0.05, 0) is 27.7 Å². The molecule has 0 aromatic carbocycles. The fourth-order valence-corrected chi connectivity index (χ4v) is 1.72. The quantitative estimate of drug-likeness (QED) is 0.620. The summed E-state index contributed by atoms with van der Waals surface area (Å²) in [4.78, 5) is 0. The lowest BCUT2D eigenvalue weighted by Crippen LogP contribution is -2.38. The van der Waals surface area contributed by atoms with Crippen molar-refractivity contribution in [2.75, 3.05) is 6.61 Å². The van der Waals surface area contributed by atoms with Gasteiger partial charge in [-0.25, -0.2) is 0 Å². The second-order valence-corrected chi connectivity index (χ2v) is 4.41. The largest absolute Gasteiger partial charge is 0.382 e. The molecule has 0 spiro atoms. The highest BCUT2D eigenvalue weighted by atomic mass is 16.6. The topological polar surface area (TPSA) is 27.7 Å². The van der Waals surface area contributed by atoms with Gasteiger partial charge in [-0.2, -0.15) is 0 Å².